The summed E-state index contributed by atoms with van der Waals surface area (Å²) < 4.78 is 4.61. The number of fused-ring (bicyclic) bond motifs is 4. The maximum Gasteiger partial charge on any atom is 0.215 e. The van der Waals surface area contributed by atoms with E-state index in [1.807, 2.05) is 0 Å². The van der Waals surface area contributed by atoms with Gasteiger partial charge in [0.25, 0.3) is 0 Å². The highest BCUT2D eigenvalue weighted by Crippen LogP contribution is 2.30. The van der Waals surface area contributed by atoms with Crippen LogP contribution in [0, 0.1) is 0 Å². The lowest BCUT2D eigenvalue weighted by atomic mass is 10.0. The fraction of sp³-hybridized carbons (Fsp3) is 0.240. The number of para-hydroxylation sites is 2. The molecular formula is C25H28Cl2N4. The first kappa shape index (κ1) is 23.1. The van der Waals surface area contributed by atoms with Crippen molar-refractivity contribution in [3.8, 4) is 11.3 Å². The van der Waals surface area contributed by atoms with Gasteiger partial charge >= 0.3 is 0 Å². The lowest BCUT2D eigenvalue weighted by Gasteiger charge is -2.18. The summed E-state index contributed by atoms with van der Waals surface area (Å²) in [5.41, 5.74) is 4.66. The third-order valence-corrected chi connectivity index (χ3v) is 5.96. The maximum atomic E-state index is 5.11. The number of aromatic nitrogens is 3. The van der Waals surface area contributed by atoms with E-state index in [1.54, 1.807) is 0 Å². The first-order chi connectivity index (χ1) is 14.3. The molecule has 5 rings (SSSR count). The fourth-order valence-corrected chi connectivity index (χ4v) is 4.32. The molecule has 162 valence electrons. The number of halogens is 2. The Morgan fingerprint density at radius 2 is 1.48 bits per heavy atom. The molecule has 0 fully saturated rings. The molecule has 0 aliphatic rings. The van der Waals surface area contributed by atoms with Crippen LogP contribution in [-0.2, 0) is 6.54 Å². The van der Waals surface area contributed by atoms with Gasteiger partial charge in [0, 0.05) is 24.8 Å². The molecule has 0 radical (unpaired) electrons. The summed E-state index contributed by atoms with van der Waals surface area (Å²) in [6, 6.07) is 23.6. The van der Waals surface area contributed by atoms with E-state index in [-0.39, 0.29) is 24.8 Å². The Balaban J connectivity index is 0.00000136. The first-order valence-corrected chi connectivity index (χ1v) is 10.5. The molecule has 0 saturated carbocycles. The van der Waals surface area contributed by atoms with E-state index in [9.17, 15) is 0 Å². The van der Waals surface area contributed by atoms with Crippen LogP contribution in [0.25, 0.3) is 38.8 Å². The van der Waals surface area contributed by atoms with Crippen LogP contribution in [0.1, 0.15) is 13.8 Å². The average molecular weight is 455 g/mol. The topological polar surface area (TPSA) is 25.5 Å². The van der Waals surface area contributed by atoms with Gasteiger partial charge in [0.2, 0.25) is 5.78 Å². The standard InChI is InChI=1S/C25H26N4.2ClH/c1-3-27(4-2)16-17-28-23-14-7-8-15-24(23)29-18-22(26-25(28)29)21-13-9-11-19-10-5-6-12-20(19)21;;/h5-15,18H,3-4,16-17H2,1-2H3;2*1H. The van der Waals surface area contributed by atoms with Gasteiger partial charge in [0.15, 0.2) is 0 Å². The Labute approximate surface area is 195 Å². The molecule has 6 heteroatoms. The molecule has 2 heterocycles. The van der Waals surface area contributed by atoms with Gasteiger partial charge in [-0.3, -0.25) is 4.40 Å². The monoisotopic (exact) mass is 454 g/mol. The van der Waals surface area contributed by atoms with Crippen molar-refractivity contribution in [1.29, 1.82) is 0 Å². The Morgan fingerprint density at radius 1 is 0.806 bits per heavy atom. The summed E-state index contributed by atoms with van der Waals surface area (Å²) in [7, 11) is 0. The van der Waals surface area contributed by atoms with E-state index in [4.69, 9.17) is 4.98 Å². The third kappa shape index (κ3) is 4.03. The summed E-state index contributed by atoms with van der Waals surface area (Å²) in [4.78, 5) is 7.57. The second-order valence-electron chi connectivity index (χ2n) is 7.49. The summed E-state index contributed by atoms with van der Waals surface area (Å²) >= 11 is 0. The smallest absolute Gasteiger partial charge is 0.215 e. The van der Waals surface area contributed by atoms with E-state index in [0.717, 1.165) is 37.7 Å². The lowest BCUT2D eigenvalue weighted by molar-refractivity contribution is 0.293. The Morgan fingerprint density at radius 3 is 2.26 bits per heavy atom. The van der Waals surface area contributed by atoms with Crippen molar-refractivity contribution < 1.29 is 0 Å². The summed E-state index contributed by atoms with van der Waals surface area (Å²) in [6.07, 6.45) is 2.19. The minimum absolute atomic E-state index is 0. The number of rotatable bonds is 6. The van der Waals surface area contributed by atoms with E-state index >= 15 is 0 Å². The van der Waals surface area contributed by atoms with Gasteiger partial charge in [-0.1, -0.05) is 68.4 Å². The van der Waals surface area contributed by atoms with Crippen molar-refractivity contribution in [2.75, 3.05) is 19.6 Å². The molecule has 0 atom stereocenters. The van der Waals surface area contributed by atoms with Crippen molar-refractivity contribution in [3.63, 3.8) is 0 Å². The molecule has 0 saturated heterocycles. The number of nitrogens with zero attached hydrogens (tertiary/aromatic N) is 4. The van der Waals surface area contributed by atoms with Gasteiger partial charge in [0.1, 0.15) is 0 Å². The normalized spacial score (nSPS) is 11.2. The van der Waals surface area contributed by atoms with Crippen molar-refractivity contribution in [2.45, 2.75) is 20.4 Å². The molecule has 4 nitrogen and oxygen atoms in total. The molecule has 3 aromatic carbocycles. The number of hydrogen-bond acceptors (Lipinski definition) is 2. The molecule has 0 amide bonds. The maximum absolute atomic E-state index is 5.11. The summed E-state index contributed by atoms with van der Waals surface area (Å²) in [5.74, 6) is 1.02. The van der Waals surface area contributed by atoms with E-state index in [1.165, 1.54) is 27.4 Å². The van der Waals surface area contributed by atoms with Crippen molar-refractivity contribution >= 4 is 52.4 Å². The average Bonchev–Trinajstić information content (AvgIpc) is 3.32. The molecule has 2 aromatic heterocycles. The van der Waals surface area contributed by atoms with Crippen LogP contribution in [0.2, 0.25) is 0 Å². The number of benzene rings is 3. The Bertz CT molecular complexity index is 1300. The van der Waals surface area contributed by atoms with Crippen LogP contribution in [0.15, 0.2) is 72.9 Å². The molecule has 0 spiro atoms. The van der Waals surface area contributed by atoms with Gasteiger partial charge in [-0.2, -0.15) is 0 Å². The van der Waals surface area contributed by atoms with E-state index in [2.05, 4.69) is 101 Å². The van der Waals surface area contributed by atoms with Gasteiger partial charge in [-0.15, -0.1) is 24.8 Å². The minimum Gasteiger partial charge on any atom is -0.308 e. The molecular weight excluding hydrogens is 427 g/mol. The molecule has 0 aliphatic heterocycles. The van der Waals surface area contributed by atoms with Crippen LogP contribution in [-0.4, -0.2) is 38.5 Å². The second kappa shape index (κ2) is 9.73. The van der Waals surface area contributed by atoms with Crippen molar-refractivity contribution in [1.82, 2.24) is 18.9 Å². The highest BCUT2D eigenvalue weighted by molar-refractivity contribution is 5.96. The van der Waals surface area contributed by atoms with Gasteiger partial charge in [-0.05, 0) is 36.0 Å². The Kier molecular flexibility index (Phi) is 7.26. The van der Waals surface area contributed by atoms with Crippen LogP contribution in [0.4, 0.5) is 0 Å². The zero-order valence-corrected chi connectivity index (χ0v) is 19.5. The molecule has 0 bridgehead atoms. The number of imidazole rings is 2. The molecule has 0 unspecified atom stereocenters. The quantitative estimate of drug-likeness (QED) is 0.301. The fourth-order valence-electron chi connectivity index (χ4n) is 4.32. The number of hydrogen-bond donors (Lipinski definition) is 0. The van der Waals surface area contributed by atoms with Crippen LogP contribution < -0.4 is 0 Å². The van der Waals surface area contributed by atoms with Crippen molar-refractivity contribution in [2.24, 2.45) is 0 Å². The second-order valence-corrected chi connectivity index (χ2v) is 7.49. The van der Waals surface area contributed by atoms with Crippen LogP contribution in [0.5, 0.6) is 0 Å². The summed E-state index contributed by atoms with van der Waals surface area (Å²) in [5, 5.41) is 2.49. The minimum atomic E-state index is 0. The largest absolute Gasteiger partial charge is 0.308 e. The van der Waals surface area contributed by atoms with Crippen LogP contribution in [0.3, 0.4) is 0 Å². The zero-order chi connectivity index (χ0) is 19.8. The zero-order valence-electron chi connectivity index (χ0n) is 17.9. The van der Waals surface area contributed by atoms with Gasteiger partial charge in [-0.25, -0.2) is 4.98 Å². The number of likely N-dealkylation sites (N-methyl/N-ethyl adjacent to an activating group) is 1. The predicted octanol–water partition coefficient (Wildman–Crippen LogP) is 6.29. The van der Waals surface area contributed by atoms with E-state index in [0.29, 0.717) is 0 Å². The highest BCUT2D eigenvalue weighted by Gasteiger charge is 2.16. The molecule has 0 aliphatic carbocycles. The van der Waals surface area contributed by atoms with Gasteiger partial charge in [0.05, 0.1) is 16.7 Å². The third-order valence-electron chi connectivity index (χ3n) is 5.96. The van der Waals surface area contributed by atoms with E-state index < -0.39 is 0 Å². The SMILES string of the molecule is CCN(CC)CCn1c2ccccc2n2cc(-c3cccc4ccccc34)nc12.Cl.Cl. The summed E-state index contributed by atoms with van der Waals surface area (Å²) in [6.45, 7) is 8.55. The Hall–Kier alpha value is -2.53. The molecule has 31 heavy (non-hydrogen) atoms. The molecule has 0 N–H and O–H groups in total. The predicted molar refractivity (Wildman–Crippen MR) is 136 cm³/mol. The highest BCUT2D eigenvalue weighted by atomic mass is 35.5. The first-order valence-electron chi connectivity index (χ1n) is 10.5. The van der Waals surface area contributed by atoms with Crippen LogP contribution >= 0.6 is 24.8 Å². The van der Waals surface area contributed by atoms with Crippen molar-refractivity contribution in [3.05, 3.63) is 72.9 Å². The molecule has 5 aromatic rings. The lowest BCUT2D eigenvalue weighted by Crippen LogP contribution is -2.27. The van der Waals surface area contributed by atoms with Gasteiger partial charge < -0.3 is 9.47 Å².